The largest absolute Gasteiger partial charge is 0.325 e. The van der Waals surface area contributed by atoms with Gasteiger partial charge in [-0.25, -0.2) is 0 Å². The fraction of sp³-hybridized carbons (Fsp3) is 1.00. The van der Waals surface area contributed by atoms with Gasteiger partial charge in [0.25, 0.3) is 6.57 Å². The lowest BCUT2D eigenvalue weighted by molar-refractivity contribution is 0.187. The van der Waals surface area contributed by atoms with Crippen LogP contribution in [-0.2, 0) is 9.09 Å². The molecule has 0 aliphatic heterocycles. The monoisotopic (exact) mass is 253 g/mol. The number of nitrogens with zero attached hydrogens (tertiary/aromatic N) is 1. The van der Waals surface area contributed by atoms with Crippen LogP contribution in [0.5, 0.6) is 0 Å². The molecule has 0 aromatic carbocycles. The van der Waals surface area contributed by atoms with Crippen LogP contribution in [0.25, 0.3) is 0 Å². The first kappa shape index (κ1) is 15.5. The zero-order chi connectivity index (χ0) is 12.1. The summed E-state index contributed by atoms with van der Waals surface area (Å²) in [4.78, 5) is 2.39. The van der Waals surface area contributed by atoms with Crippen molar-refractivity contribution in [2.45, 2.75) is 39.8 Å². The van der Waals surface area contributed by atoms with Gasteiger partial charge >= 0.3 is 0 Å². The minimum Gasteiger partial charge on any atom is -0.325 e. The van der Waals surface area contributed by atoms with Gasteiger partial charge in [0.05, 0.1) is 0 Å². The third-order valence-electron chi connectivity index (χ3n) is 2.33. The van der Waals surface area contributed by atoms with Gasteiger partial charge < -0.3 is 4.52 Å². The van der Waals surface area contributed by atoms with E-state index in [0.29, 0.717) is 12.1 Å². The maximum absolute atomic E-state index is 11.6. The molecule has 0 aliphatic carbocycles. The van der Waals surface area contributed by atoms with E-state index >= 15 is 0 Å². The topological polar surface area (TPSA) is 29.5 Å². The highest BCUT2D eigenvalue weighted by molar-refractivity contribution is 8.56. The van der Waals surface area contributed by atoms with Gasteiger partial charge in [-0.05, 0) is 27.7 Å². The first-order valence-electron chi connectivity index (χ1n) is 5.33. The SMILES string of the molecule is COP(C)(=O)SCCN(C(C)C)C(C)C. The molecule has 0 bridgehead atoms. The van der Waals surface area contributed by atoms with Gasteiger partial charge in [0, 0.05) is 38.2 Å². The van der Waals surface area contributed by atoms with Crippen molar-refractivity contribution in [3.8, 4) is 0 Å². The molecule has 0 fully saturated rings. The first-order valence-corrected chi connectivity index (χ1v) is 9.00. The molecule has 3 nitrogen and oxygen atoms in total. The maximum Gasteiger partial charge on any atom is 0.254 e. The van der Waals surface area contributed by atoms with Crippen molar-refractivity contribution >= 4 is 18.0 Å². The lowest BCUT2D eigenvalue weighted by Gasteiger charge is -2.30. The number of rotatable bonds is 7. The van der Waals surface area contributed by atoms with Crippen LogP contribution in [0.2, 0.25) is 0 Å². The summed E-state index contributed by atoms with van der Waals surface area (Å²) in [5, 5.41) is 0. The Morgan fingerprint density at radius 2 is 1.73 bits per heavy atom. The highest BCUT2D eigenvalue weighted by atomic mass is 32.7. The third kappa shape index (κ3) is 6.62. The van der Waals surface area contributed by atoms with Crippen LogP contribution in [0.3, 0.4) is 0 Å². The van der Waals surface area contributed by atoms with Gasteiger partial charge in [0.1, 0.15) is 0 Å². The predicted molar refractivity (Wildman–Crippen MR) is 70.0 cm³/mol. The van der Waals surface area contributed by atoms with Crippen molar-refractivity contribution in [2.75, 3.05) is 26.1 Å². The van der Waals surface area contributed by atoms with E-state index in [1.54, 1.807) is 6.66 Å². The molecular formula is C10H24NO2PS. The van der Waals surface area contributed by atoms with Gasteiger partial charge in [0.15, 0.2) is 0 Å². The van der Waals surface area contributed by atoms with E-state index in [-0.39, 0.29) is 0 Å². The van der Waals surface area contributed by atoms with Gasteiger partial charge in [-0.15, -0.1) is 0 Å². The summed E-state index contributed by atoms with van der Waals surface area (Å²) in [6.07, 6.45) is 0. The molecule has 0 radical (unpaired) electrons. The normalized spacial score (nSPS) is 16.3. The lowest BCUT2D eigenvalue weighted by Crippen LogP contribution is -2.38. The predicted octanol–water partition coefficient (Wildman–Crippen LogP) is 3.31. The van der Waals surface area contributed by atoms with E-state index in [1.807, 2.05) is 0 Å². The Labute approximate surface area is 98.1 Å². The van der Waals surface area contributed by atoms with E-state index in [4.69, 9.17) is 4.52 Å². The van der Waals surface area contributed by atoms with Crippen molar-refractivity contribution < 1.29 is 9.09 Å². The molecule has 1 atom stereocenters. The zero-order valence-corrected chi connectivity index (χ0v) is 12.4. The molecule has 0 saturated carbocycles. The van der Waals surface area contributed by atoms with Crippen molar-refractivity contribution in [1.29, 1.82) is 0 Å². The Bertz CT molecular complexity index is 213. The molecule has 0 N–H and O–H groups in total. The molecule has 5 heteroatoms. The summed E-state index contributed by atoms with van der Waals surface area (Å²) < 4.78 is 16.6. The Hall–Kier alpha value is 0.500. The molecule has 0 aromatic rings. The minimum absolute atomic E-state index is 0.532. The van der Waals surface area contributed by atoms with Crippen LogP contribution in [0.4, 0.5) is 0 Å². The Kier molecular flexibility index (Phi) is 7.18. The van der Waals surface area contributed by atoms with Crippen LogP contribution < -0.4 is 0 Å². The Morgan fingerprint density at radius 1 is 1.27 bits per heavy atom. The second-order valence-corrected chi connectivity index (χ2v) is 9.55. The molecule has 0 rings (SSSR count). The lowest BCUT2D eigenvalue weighted by atomic mass is 10.2. The van der Waals surface area contributed by atoms with Crippen LogP contribution in [0.15, 0.2) is 0 Å². The average Bonchev–Trinajstić information content (AvgIpc) is 2.11. The molecule has 0 heterocycles. The smallest absolute Gasteiger partial charge is 0.254 e. The Balaban J connectivity index is 3.97. The fourth-order valence-electron chi connectivity index (χ4n) is 1.48. The second-order valence-electron chi connectivity index (χ2n) is 4.21. The van der Waals surface area contributed by atoms with Crippen LogP contribution in [-0.4, -0.2) is 43.1 Å². The second kappa shape index (κ2) is 6.95. The standard InChI is InChI=1S/C10H24NO2PS/c1-9(2)11(10(3)4)7-8-15-14(6,12)13-5/h9-10H,7-8H2,1-6H3. The molecular weight excluding hydrogens is 229 g/mol. The van der Waals surface area contributed by atoms with E-state index in [9.17, 15) is 4.57 Å². The zero-order valence-electron chi connectivity index (χ0n) is 10.7. The molecule has 0 aromatic heterocycles. The summed E-state index contributed by atoms with van der Waals surface area (Å²) in [5.74, 6) is 0.859. The molecule has 1 unspecified atom stereocenters. The summed E-state index contributed by atoms with van der Waals surface area (Å²) in [5.41, 5.74) is 0. The van der Waals surface area contributed by atoms with Crippen molar-refractivity contribution in [3.63, 3.8) is 0 Å². The first-order chi connectivity index (χ1) is 6.80. The summed E-state index contributed by atoms with van der Waals surface area (Å²) >= 11 is 1.43. The molecule has 15 heavy (non-hydrogen) atoms. The van der Waals surface area contributed by atoms with Gasteiger partial charge in [-0.3, -0.25) is 9.46 Å². The van der Waals surface area contributed by atoms with Crippen LogP contribution in [0, 0.1) is 0 Å². The van der Waals surface area contributed by atoms with E-state index in [2.05, 4.69) is 32.6 Å². The average molecular weight is 253 g/mol. The third-order valence-corrected chi connectivity index (χ3v) is 6.23. The van der Waals surface area contributed by atoms with Gasteiger partial charge in [-0.2, -0.15) is 0 Å². The molecule has 0 spiro atoms. The minimum atomic E-state index is -2.40. The van der Waals surface area contributed by atoms with Gasteiger partial charge in [-0.1, -0.05) is 11.4 Å². The number of hydrogen-bond donors (Lipinski definition) is 0. The maximum atomic E-state index is 11.6. The fourth-order valence-corrected chi connectivity index (χ4v) is 3.76. The van der Waals surface area contributed by atoms with Crippen molar-refractivity contribution in [1.82, 2.24) is 4.90 Å². The molecule has 0 saturated heterocycles. The van der Waals surface area contributed by atoms with E-state index < -0.39 is 6.57 Å². The van der Waals surface area contributed by atoms with Crippen molar-refractivity contribution in [2.24, 2.45) is 0 Å². The van der Waals surface area contributed by atoms with E-state index in [0.717, 1.165) is 12.3 Å². The Morgan fingerprint density at radius 3 is 2.07 bits per heavy atom. The molecule has 0 amide bonds. The van der Waals surface area contributed by atoms with Crippen LogP contribution in [0.1, 0.15) is 27.7 Å². The number of hydrogen-bond acceptors (Lipinski definition) is 4. The summed E-state index contributed by atoms with van der Waals surface area (Å²) in [6, 6.07) is 1.06. The summed E-state index contributed by atoms with van der Waals surface area (Å²) in [7, 11) is 1.51. The quantitative estimate of drug-likeness (QED) is 0.651. The van der Waals surface area contributed by atoms with Crippen LogP contribution >= 0.6 is 18.0 Å². The molecule has 92 valence electrons. The highest BCUT2D eigenvalue weighted by Gasteiger charge is 2.17. The molecule has 0 aliphatic rings. The van der Waals surface area contributed by atoms with Crippen molar-refractivity contribution in [3.05, 3.63) is 0 Å². The van der Waals surface area contributed by atoms with Gasteiger partial charge in [0.2, 0.25) is 0 Å². The highest BCUT2D eigenvalue weighted by Crippen LogP contribution is 2.55. The van der Waals surface area contributed by atoms with E-state index in [1.165, 1.54) is 18.5 Å². The summed E-state index contributed by atoms with van der Waals surface area (Å²) in [6.45, 7) is 8.98.